The second kappa shape index (κ2) is 6.07. The van der Waals surface area contributed by atoms with Crippen molar-refractivity contribution in [2.24, 2.45) is 7.05 Å². The zero-order valence-corrected chi connectivity index (χ0v) is 15.2. The highest BCUT2D eigenvalue weighted by Crippen LogP contribution is 2.36. The summed E-state index contributed by atoms with van der Waals surface area (Å²) in [6, 6.07) is 4.86. The summed E-state index contributed by atoms with van der Waals surface area (Å²) < 4.78 is 7.45. The van der Waals surface area contributed by atoms with Crippen LogP contribution >= 0.6 is 11.6 Å². The molecular formula is C17H19ClN4O3. The van der Waals surface area contributed by atoms with E-state index in [0.717, 1.165) is 11.3 Å². The molecule has 1 aliphatic heterocycles. The molecule has 2 aromatic rings. The van der Waals surface area contributed by atoms with Gasteiger partial charge >= 0.3 is 0 Å². The van der Waals surface area contributed by atoms with E-state index in [-0.39, 0.29) is 0 Å². The van der Waals surface area contributed by atoms with Crippen LogP contribution in [-0.2, 0) is 23.2 Å². The summed E-state index contributed by atoms with van der Waals surface area (Å²) in [5.41, 5.74) is 0.547. The Kier molecular flexibility index (Phi) is 4.20. The molecule has 1 aliphatic rings. The standard InChI is InChI=1S/C17H19ClN4O3/c1-10-11(9-22(4)20-10)8-21(3)16(24)17(2)15(23)19-13-7-12(18)5-6-14(13)25-17/h5-7,9H,8H2,1-4H3,(H,19,23). The van der Waals surface area contributed by atoms with E-state index in [2.05, 4.69) is 10.4 Å². The number of aryl methyl sites for hydroxylation is 2. The van der Waals surface area contributed by atoms with E-state index in [4.69, 9.17) is 16.3 Å². The zero-order valence-electron chi connectivity index (χ0n) is 14.5. The van der Waals surface area contributed by atoms with Crippen molar-refractivity contribution in [2.75, 3.05) is 12.4 Å². The number of benzene rings is 1. The predicted octanol–water partition coefficient (Wildman–Crippen LogP) is 2.13. The average Bonchev–Trinajstić information content (AvgIpc) is 2.85. The Morgan fingerprint density at radius 2 is 2.20 bits per heavy atom. The fraction of sp³-hybridized carbons (Fsp3) is 0.353. The molecule has 0 fully saturated rings. The third kappa shape index (κ3) is 3.07. The first-order chi connectivity index (χ1) is 11.7. The van der Waals surface area contributed by atoms with Gasteiger partial charge in [-0.2, -0.15) is 5.10 Å². The number of hydrogen-bond donors (Lipinski definition) is 1. The van der Waals surface area contributed by atoms with E-state index in [1.807, 2.05) is 20.2 Å². The van der Waals surface area contributed by atoms with Crippen molar-refractivity contribution in [2.45, 2.75) is 26.0 Å². The van der Waals surface area contributed by atoms with E-state index >= 15 is 0 Å². The summed E-state index contributed by atoms with van der Waals surface area (Å²) in [5.74, 6) is -0.554. The summed E-state index contributed by atoms with van der Waals surface area (Å²) in [6.07, 6.45) is 1.85. The second-order valence-electron chi connectivity index (χ2n) is 6.30. The molecule has 2 amide bonds. The van der Waals surface area contributed by atoms with Gasteiger partial charge in [0.05, 0.1) is 11.4 Å². The Hall–Kier alpha value is -2.54. The number of likely N-dealkylation sites (N-methyl/N-ethyl adjacent to an activating group) is 1. The molecule has 0 bridgehead atoms. The molecular weight excluding hydrogens is 344 g/mol. The van der Waals surface area contributed by atoms with Crippen LogP contribution in [0, 0.1) is 6.92 Å². The van der Waals surface area contributed by atoms with Crippen LogP contribution < -0.4 is 10.1 Å². The Balaban J connectivity index is 1.84. The van der Waals surface area contributed by atoms with Gasteiger partial charge in [0.15, 0.2) is 0 Å². The van der Waals surface area contributed by atoms with E-state index in [1.54, 1.807) is 29.9 Å². The van der Waals surface area contributed by atoms with Gasteiger partial charge < -0.3 is 15.0 Å². The van der Waals surface area contributed by atoms with Gasteiger partial charge in [-0.15, -0.1) is 0 Å². The van der Waals surface area contributed by atoms with E-state index in [0.29, 0.717) is 23.0 Å². The molecule has 0 saturated carbocycles. The first kappa shape index (κ1) is 17.3. The van der Waals surface area contributed by atoms with Crippen molar-refractivity contribution in [1.82, 2.24) is 14.7 Å². The maximum Gasteiger partial charge on any atom is 0.278 e. The predicted molar refractivity (Wildman–Crippen MR) is 93.5 cm³/mol. The molecule has 2 heterocycles. The largest absolute Gasteiger partial charge is 0.466 e. The highest BCUT2D eigenvalue weighted by Gasteiger charge is 2.48. The number of rotatable bonds is 3. The van der Waals surface area contributed by atoms with Crippen LogP contribution in [0.2, 0.25) is 5.02 Å². The fourth-order valence-electron chi connectivity index (χ4n) is 2.83. The molecule has 8 heteroatoms. The number of hydrogen-bond acceptors (Lipinski definition) is 4. The van der Waals surface area contributed by atoms with Gasteiger partial charge in [0.25, 0.3) is 17.4 Å². The van der Waals surface area contributed by atoms with E-state index in [1.165, 1.54) is 11.8 Å². The zero-order chi connectivity index (χ0) is 18.4. The molecule has 25 heavy (non-hydrogen) atoms. The van der Waals surface area contributed by atoms with Gasteiger partial charge in [-0.1, -0.05) is 11.6 Å². The molecule has 1 N–H and O–H groups in total. The van der Waals surface area contributed by atoms with Crippen LogP contribution in [0.4, 0.5) is 5.69 Å². The number of aromatic nitrogens is 2. The molecule has 7 nitrogen and oxygen atoms in total. The summed E-state index contributed by atoms with van der Waals surface area (Å²) in [5, 5.41) is 7.43. The van der Waals surface area contributed by atoms with Gasteiger partial charge in [-0.3, -0.25) is 14.3 Å². The Morgan fingerprint density at radius 3 is 2.84 bits per heavy atom. The number of halogens is 1. The second-order valence-corrected chi connectivity index (χ2v) is 6.74. The first-order valence-corrected chi connectivity index (χ1v) is 8.13. The van der Waals surface area contributed by atoms with Crippen molar-refractivity contribution < 1.29 is 14.3 Å². The highest BCUT2D eigenvalue weighted by molar-refractivity contribution is 6.31. The van der Waals surface area contributed by atoms with E-state index < -0.39 is 17.4 Å². The molecule has 0 spiro atoms. The van der Waals surface area contributed by atoms with Crippen molar-refractivity contribution in [1.29, 1.82) is 0 Å². The van der Waals surface area contributed by atoms with Crippen LogP contribution in [0.1, 0.15) is 18.2 Å². The molecule has 0 saturated heterocycles. The Bertz CT molecular complexity index is 864. The van der Waals surface area contributed by atoms with Crippen LogP contribution in [-0.4, -0.2) is 39.1 Å². The van der Waals surface area contributed by atoms with Crippen LogP contribution in [0.5, 0.6) is 5.75 Å². The number of fused-ring (bicyclic) bond motifs is 1. The first-order valence-electron chi connectivity index (χ1n) is 7.75. The van der Waals surface area contributed by atoms with Crippen LogP contribution in [0.15, 0.2) is 24.4 Å². The number of nitrogens with zero attached hydrogens (tertiary/aromatic N) is 3. The number of ether oxygens (including phenoxy) is 1. The number of amides is 2. The number of nitrogens with one attached hydrogen (secondary N) is 1. The van der Waals surface area contributed by atoms with Gasteiger partial charge in [0, 0.05) is 37.4 Å². The summed E-state index contributed by atoms with van der Waals surface area (Å²) in [7, 11) is 3.45. The quantitative estimate of drug-likeness (QED) is 0.849. The summed E-state index contributed by atoms with van der Waals surface area (Å²) >= 11 is 5.93. The molecule has 1 atom stereocenters. The van der Waals surface area contributed by atoms with Crippen molar-refractivity contribution in [3.63, 3.8) is 0 Å². The number of carbonyl (C=O) groups is 2. The van der Waals surface area contributed by atoms with Crippen LogP contribution in [0.25, 0.3) is 0 Å². The van der Waals surface area contributed by atoms with Crippen molar-refractivity contribution >= 4 is 29.1 Å². The smallest absolute Gasteiger partial charge is 0.278 e. The average molecular weight is 363 g/mol. The van der Waals surface area contributed by atoms with Gasteiger partial charge in [0.2, 0.25) is 0 Å². The lowest BCUT2D eigenvalue weighted by Crippen LogP contribution is -2.58. The SMILES string of the molecule is Cc1nn(C)cc1CN(C)C(=O)C1(C)Oc2ccc(Cl)cc2NC1=O. The lowest BCUT2D eigenvalue weighted by atomic mass is 10.0. The number of carbonyl (C=O) groups excluding carboxylic acids is 2. The maximum atomic E-state index is 12.9. The lowest BCUT2D eigenvalue weighted by Gasteiger charge is -2.35. The van der Waals surface area contributed by atoms with E-state index in [9.17, 15) is 9.59 Å². The third-order valence-electron chi connectivity index (χ3n) is 4.21. The van der Waals surface area contributed by atoms with Gasteiger partial charge in [-0.05, 0) is 32.0 Å². The molecule has 0 radical (unpaired) electrons. The Morgan fingerprint density at radius 1 is 1.48 bits per heavy atom. The molecule has 1 aromatic carbocycles. The molecule has 3 rings (SSSR count). The van der Waals surface area contributed by atoms with Crippen molar-refractivity contribution in [3.05, 3.63) is 40.7 Å². The highest BCUT2D eigenvalue weighted by atomic mass is 35.5. The maximum absolute atomic E-state index is 12.9. The number of anilines is 1. The topological polar surface area (TPSA) is 76.5 Å². The minimum absolute atomic E-state index is 0.332. The van der Waals surface area contributed by atoms with Crippen molar-refractivity contribution in [3.8, 4) is 5.75 Å². The van der Waals surface area contributed by atoms with Gasteiger partial charge in [-0.25, -0.2) is 0 Å². The summed E-state index contributed by atoms with van der Waals surface area (Å²) in [4.78, 5) is 26.9. The van der Waals surface area contributed by atoms with Gasteiger partial charge in [0.1, 0.15) is 5.75 Å². The Labute approximate surface area is 150 Å². The lowest BCUT2D eigenvalue weighted by molar-refractivity contribution is -0.154. The molecule has 1 unspecified atom stereocenters. The molecule has 132 valence electrons. The fourth-order valence-corrected chi connectivity index (χ4v) is 3.01. The molecule has 1 aromatic heterocycles. The molecule has 0 aliphatic carbocycles. The monoisotopic (exact) mass is 362 g/mol. The normalized spacial score (nSPS) is 19.0. The summed E-state index contributed by atoms with van der Waals surface area (Å²) in [6.45, 7) is 3.67. The third-order valence-corrected chi connectivity index (χ3v) is 4.45. The van der Waals surface area contributed by atoms with Crippen LogP contribution in [0.3, 0.4) is 0 Å². The minimum Gasteiger partial charge on any atom is -0.466 e. The minimum atomic E-state index is -1.65.